The fourth-order valence-electron chi connectivity index (χ4n) is 3.78. The number of fused-ring (bicyclic) bond motifs is 1. The van der Waals surface area contributed by atoms with Crippen molar-refractivity contribution >= 4 is 11.5 Å². The summed E-state index contributed by atoms with van der Waals surface area (Å²) in [5.74, 6) is 1.09. The lowest BCUT2D eigenvalue weighted by Crippen LogP contribution is -2.24. The van der Waals surface area contributed by atoms with Crippen LogP contribution in [-0.4, -0.2) is 20.6 Å². The summed E-state index contributed by atoms with van der Waals surface area (Å²) in [6.45, 7) is 2.20. The molecule has 1 N–H and O–H groups in total. The Bertz CT molecular complexity index is 832. The van der Waals surface area contributed by atoms with Crippen LogP contribution < -0.4 is 5.32 Å². The van der Waals surface area contributed by atoms with Gasteiger partial charge in [-0.2, -0.15) is 9.61 Å². The second kappa shape index (κ2) is 7.26. The van der Waals surface area contributed by atoms with Crippen LogP contribution >= 0.6 is 0 Å². The lowest BCUT2D eigenvalue weighted by molar-refractivity contribution is 0.461. The van der Waals surface area contributed by atoms with Gasteiger partial charge in [0.25, 0.3) is 0 Å². The van der Waals surface area contributed by atoms with Gasteiger partial charge in [-0.05, 0) is 24.8 Å². The molecule has 1 aliphatic carbocycles. The summed E-state index contributed by atoms with van der Waals surface area (Å²) < 4.78 is 1.98. The number of hydrogen-bond acceptors (Lipinski definition) is 3. The SMILES string of the molecule is CCCc1cc(NC2CCCCC2)n2ncc(-c3ccccc3)c2n1. The fourth-order valence-corrected chi connectivity index (χ4v) is 3.78. The lowest BCUT2D eigenvalue weighted by Gasteiger charge is -2.24. The van der Waals surface area contributed by atoms with Crippen LogP contribution in [0, 0.1) is 0 Å². The molecule has 0 saturated heterocycles. The van der Waals surface area contributed by atoms with Crippen LogP contribution in [0.4, 0.5) is 5.82 Å². The van der Waals surface area contributed by atoms with Crippen molar-refractivity contribution < 1.29 is 0 Å². The van der Waals surface area contributed by atoms with E-state index in [1.165, 1.54) is 37.7 Å². The number of aryl methyl sites for hydroxylation is 1. The van der Waals surface area contributed by atoms with Crippen molar-refractivity contribution in [3.05, 3.63) is 48.3 Å². The van der Waals surface area contributed by atoms with Gasteiger partial charge >= 0.3 is 0 Å². The van der Waals surface area contributed by atoms with Gasteiger partial charge < -0.3 is 5.32 Å². The largest absolute Gasteiger partial charge is 0.367 e. The molecule has 2 heterocycles. The average Bonchev–Trinajstić information content (AvgIpc) is 3.08. The molecule has 0 radical (unpaired) electrons. The second-order valence-electron chi connectivity index (χ2n) is 7.02. The first-order valence-electron chi connectivity index (χ1n) is 9.55. The van der Waals surface area contributed by atoms with Crippen molar-refractivity contribution in [1.82, 2.24) is 14.6 Å². The summed E-state index contributed by atoms with van der Waals surface area (Å²) in [6, 6.07) is 13.2. The number of hydrogen-bond donors (Lipinski definition) is 1. The molecule has 4 rings (SSSR count). The van der Waals surface area contributed by atoms with Gasteiger partial charge in [-0.3, -0.25) is 0 Å². The number of anilines is 1. The van der Waals surface area contributed by atoms with E-state index >= 15 is 0 Å². The van der Waals surface area contributed by atoms with E-state index in [9.17, 15) is 0 Å². The van der Waals surface area contributed by atoms with Gasteiger partial charge in [0, 0.05) is 23.4 Å². The monoisotopic (exact) mass is 334 g/mol. The Morgan fingerprint density at radius 2 is 1.92 bits per heavy atom. The first kappa shape index (κ1) is 16.1. The van der Waals surface area contributed by atoms with Crippen LogP contribution in [0.2, 0.25) is 0 Å². The predicted molar refractivity (Wildman–Crippen MR) is 103 cm³/mol. The van der Waals surface area contributed by atoms with E-state index in [1.54, 1.807) is 0 Å². The first-order valence-corrected chi connectivity index (χ1v) is 9.55. The van der Waals surface area contributed by atoms with E-state index in [2.05, 4.69) is 47.7 Å². The zero-order valence-electron chi connectivity index (χ0n) is 14.9. The number of benzene rings is 1. The van der Waals surface area contributed by atoms with Gasteiger partial charge in [-0.25, -0.2) is 4.98 Å². The Kier molecular flexibility index (Phi) is 4.68. The summed E-state index contributed by atoms with van der Waals surface area (Å²) in [7, 11) is 0. The van der Waals surface area contributed by atoms with E-state index in [0.717, 1.165) is 35.6 Å². The van der Waals surface area contributed by atoms with Crippen LogP contribution in [0.25, 0.3) is 16.8 Å². The van der Waals surface area contributed by atoms with E-state index < -0.39 is 0 Å². The molecule has 25 heavy (non-hydrogen) atoms. The first-order chi connectivity index (χ1) is 12.3. The van der Waals surface area contributed by atoms with Gasteiger partial charge in [0.15, 0.2) is 5.65 Å². The fraction of sp³-hybridized carbons (Fsp3) is 0.429. The molecule has 3 aromatic rings. The maximum absolute atomic E-state index is 4.92. The maximum Gasteiger partial charge on any atom is 0.165 e. The van der Waals surface area contributed by atoms with Crippen LogP contribution in [0.3, 0.4) is 0 Å². The molecule has 0 bridgehead atoms. The number of nitrogens with one attached hydrogen (secondary N) is 1. The predicted octanol–water partition coefficient (Wildman–Crippen LogP) is 5.09. The number of nitrogens with zero attached hydrogens (tertiary/aromatic N) is 3. The lowest BCUT2D eigenvalue weighted by atomic mass is 9.95. The van der Waals surface area contributed by atoms with E-state index in [1.807, 2.05) is 16.8 Å². The summed E-state index contributed by atoms with van der Waals surface area (Å²) in [4.78, 5) is 4.92. The van der Waals surface area contributed by atoms with E-state index in [0.29, 0.717) is 6.04 Å². The molecule has 2 aromatic heterocycles. The summed E-state index contributed by atoms with van der Waals surface area (Å²) in [6.07, 6.45) is 10.5. The topological polar surface area (TPSA) is 42.2 Å². The highest BCUT2D eigenvalue weighted by molar-refractivity contribution is 5.78. The van der Waals surface area contributed by atoms with Crippen LogP contribution in [-0.2, 0) is 6.42 Å². The molecule has 0 unspecified atom stereocenters. The van der Waals surface area contributed by atoms with E-state index in [4.69, 9.17) is 4.98 Å². The van der Waals surface area contributed by atoms with Gasteiger partial charge in [-0.15, -0.1) is 0 Å². The normalized spacial score (nSPS) is 15.6. The molecule has 4 nitrogen and oxygen atoms in total. The van der Waals surface area contributed by atoms with Crippen molar-refractivity contribution in [3.63, 3.8) is 0 Å². The van der Waals surface area contributed by atoms with Crippen molar-refractivity contribution in [2.75, 3.05) is 5.32 Å². The molecule has 1 aromatic carbocycles. The van der Waals surface area contributed by atoms with Gasteiger partial charge in [0.05, 0.1) is 6.20 Å². The quantitative estimate of drug-likeness (QED) is 0.706. The van der Waals surface area contributed by atoms with Crippen LogP contribution in [0.1, 0.15) is 51.1 Å². The molecular formula is C21H26N4. The number of aromatic nitrogens is 3. The number of rotatable bonds is 5. The molecule has 1 aliphatic rings. The van der Waals surface area contributed by atoms with Crippen LogP contribution in [0.5, 0.6) is 0 Å². The van der Waals surface area contributed by atoms with Crippen molar-refractivity contribution in [2.24, 2.45) is 0 Å². The van der Waals surface area contributed by atoms with Crippen molar-refractivity contribution in [3.8, 4) is 11.1 Å². The summed E-state index contributed by atoms with van der Waals surface area (Å²) in [5.41, 5.74) is 4.37. The van der Waals surface area contributed by atoms with E-state index in [-0.39, 0.29) is 0 Å². The third kappa shape index (κ3) is 3.39. The molecule has 1 saturated carbocycles. The minimum absolute atomic E-state index is 0.554. The third-order valence-corrected chi connectivity index (χ3v) is 5.07. The van der Waals surface area contributed by atoms with Crippen LogP contribution in [0.15, 0.2) is 42.6 Å². The van der Waals surface area contributed by atoms with Gasteiger partial charge in [0.1, 0.15) is 5.82 Å². The standard InChI is InChI=1S/C21H26N4/c1-2-9-18-14-20(23-17-12-7-4-8-13-17)25-21(24-18)19(15-22-25)16-10-5-3-6-11-16/h3,5-6,10-11,14-15,17,23H,2,4,7-9,12-13H2,1H3. The van der Waals surface area contributed by atoms with Gasteiger partial charge in [0.2, 0.25) is 0 Å². The minimum Gasteiger partial charge on any atom is -0.367 e. The highest BCUT2D eigenvalue weighted by atomic mass is 15.3. The Hall–Kier alpha value is -2.36. The smallest absolute Gasteiger partial charge is 0.165 e. The Labute approximate surface area is 149 Å². The second-order valence-corrected chi connectivity index (χ2v) is 7.02. The molecule has 4 heteroatoms. The Morgan fingerprint density at radius 1 is 1.12 bits per heavy atom. The zero-order valence-corrected chi connectivity index (χ0v) is 14.9. The highest BCUT2D eigenvalue weighted by Crippen LogP contribution is 2.27. The molecule has 0 amide bonds. The molecule has 0 aliphatic heterocycles. The average molecular weight is 334 g/mol. The third-order valence-electron chi connectivity index (χ3n) is 5.07. The molecule has 0 atom stereocenters. The summed E-state index contributed by atoms with van der Waals surface area (Å²) >= 11 is 0. The highest BCUT2D eigenvalue weighted by Gasteiger charge is 2.17. The van der Waals surface area contributed by atoms with Gasteiger partial charge in [-0.1, -0.05) is 62.9 Å². The zero-order chi connectivity index (χ0) is 17.1. The Morgan fingerprint density at radius 3 is 2.68 bits per heavy atom. The molecular weight excluding hydrogens is 308 g/mol. The molecule has 130 valence electrons. The molecule has 0 spiro atoms. The molecule has 1 fully saturated rings. The minimum atomic E-state index is 0.554. The Balaban J connectivity index is 1.77. The summed E-state index contributed by atoms with van der Waals surface area (Å²) in [5, 5.41) is 8.40. The van der Waals surface area contributed by atoms with Crippen molar-refractivity contribution in [2.45, 2.75) is 57.9 Å². The maximum atomic E-state index is 4.92. The van der Waals surface area contributed by atoms with Crippen molar-refractivity contribution in [1.29, 1.82) is 0 Å².